The third-order valence-corrected chi connectivity index (χ3v) is 3.30. The Morgan fingerprint density at radius 2 is 1.68 bits per heavy atom. The molecule has 0 atom stereocenters. The highest BCUT2D eigenvalue weighted by Crippen LogP contribution is 2.29. The van der Waals surface area contributed by atoms with Gasteiger partial charge in [-0.1, -0.05) is 36.4 Å². The van der Waals surface area contributed by atoms with Crippen molar-refractivity contribution in [2.45, 2.75) is 12.8 Å². The number of rotatable bonds is 6. The molecule has 0 aromatic heterocycles. The summed E-state index contributed by atoms with van der Waals surface area (Å²) in [5.74, 6) is 1.43. The van der Waals surface area contributed by atoms with Crippen molar-refractivity contribution in [2.75, 3.05) is 0 Å². The number of nitrogens with zero attached hydrogens (tertiary/aromatic N) is 2. The van der Waals surface area contributed by atoms with Gasteiger partial charge < -0.3 is 4.74 Å². The highest BCUT2D eigenvalue weighted by Gasteiger charge is 2.29. The van der Waals surface area contributed by atoms with E-state index < -0.39 is 5.41 Å². The van der Waals surface area contributed by atoms with Gasteiger partial charge in [-0.3, -0.25) is 0 Å². The Kier molecular flexibility index (Phi) is 4.96. The molecule has 0 unspecified atom stereocenters. The van der Waals surface area contributed by atoms with E-state index in [2.05, 4.69) is 18.7 Å². The van der Waals surface area contributed by atoms with Crippen molar-refractivity contribution in [3.63, 3.8) is 0 Å². The van der Waals surface area contributed by atoms with Crippen LogP contribution in [0.5, 0.6) is 11.5 Å². The van der Waals surface area contributed by atoms with E-state index in [0.717, 1.165) is 11.3 Å². The van der Waals surface area contributed by atoms with Crippen LogP contribution >= 0.6 is 0 Å². The molecule has 0 N–H and O–H groups in total. The lowest BCUT2D eigenvalue weighted by Crippen LogP contribution is -2.18. The molecule has 0 radical (unpaired) electrons. The minimum absolute atomic E-state index is 0.337. The lowest BCUT2D eigenvalue weighted by molar-refractivity contribution is 0.479. The Labute approximate surface area is 130 Å². The quantitative estimate of drug-likeness (QED) is 0.728. The molecule has 0 heterocycles. The van der Waals surface area contributed by atoms with Gasteiger partial charge in [-0.15, -0.1) is 6.58 Å². The van der Waals surface area contributed by atoms with Crippen molar-refractivity contribution in [2.24, 2.45) is 5.41 Å². The molecule has 3 nitrogen and oxygen atoms in total. The summed E-state index contributed by atoms with van der Waals surface area (Å²) in [4.78, 5) is 0. The molecular formula is C19H16N2O. The minimum Gasteiger partial charge on any atom is -0.457 e. The monoisotopic (exact) mass is 288 g/mol. The zero-order valence-electron chi connectivity index (χ0n) is 12.2. The lowest BCUT2D eigenvalue weighted by Gasteiger charge is -2.17. The van der Waals surface area contributed by atoms with Crippen LogP contribution in [-0.4, -0.2) is 0 Å². The van der Waals surface area contributed by atoms with E-state index in [1.54, 1.807) is 6.08 Å². The maximum Gasteiger partial charge on any atom is 0.151 e. The molecule has 2 aromatic rings. The Hall–Kier alpha value is -3.04. The molecular weight excluding hydrogens is 272 g/mol. The van der Waals surface area contributed by atoms with E-state index in [-0.39, 0.29) is 0 Å². The molecule has 0 amide bonds. The third kappa shape index (κ3) is 3.75. The third-order valence-electron chi connectivity index (χ3n) is 3.30. The molecule has 0 spiro atoms. The van der Waals surface area contributed by atoms with Crippen LogP contribution in [0.4, 0.5) is 0 Å². The number of ether oxygens (including phenoxy) is 1. The molecule has 0 bridgehead atoms. The van der Waals surface area contributed by atoms with Crippen LogP contribution in [0.2, 0.25) is 0 Å². The molecule has 3 heteroatoms. The van der Waals surface area contributed by atoms with Gasteiger partial charge in [0, 0.05) is 6.42 Å². The minimum atomic E-state index is -1.08. The summed E-state index contributed by atoms with van der Waals surface area (Å²) in [5.41, 5.74) is -0.189. The van der Waals surface area contributed by atoms with Crippen LogP contribution in [0.1, 0.15) is 12.0 Å². The number of benzene rings is 2. The predicted molar refractivity (Wildman–Crippen MR) is 85.1 cm³/mol. The summed E-state index contributed by atoms with van der Waals surface area (Å²) in [6.07, 6.45) is 2.29. The topological polar surface area (TPSA) is 56.8 Å². The van der Waals surface area contributed by atoms with E-state index in [1.807, 2.05) is 54.6 Å². The largest absolute Gasteiger partial charge is 0.457 e. The van der Waals surface area contributed by atoms with Gasteiger partial charge in [0.25, 0.3) is 0 Å². The summed E-state index contributed by atoms with van der Waals surface area (Å²) in [6.45, 7) is 3.63. The second-order valence-electron chi connectivity index (χ2n) is 5.04. The number of nitriles is 2. The Bertz CT molecular complexity index is 709. The Balaban J connectivity index is 2.20. The predicted octanol–water partition coefficient (Wildman–Crippen LogP) is 4.63. The summed E-state index contributed by atoms with van der Waals surface area (Å²) >= 11 is 0. The van der Waals surface area contributed by atoms with Gasteiger partial charge in [-0.05, 0) is 36.2 Å². The van der Waals surface area contributed by atoms with E-state index in [0.29, 0.717) is 18.6 Å². The average molecular weight is 288 g/mol. The van der Waals surface area contributed by atoms with E-state index in [9.17, 15) is 10.5 Å². The SMILES string of the molecule is C=CCC(C#N)(C#N)Cc1cccc(Oc2ccccc2)c1. The molecule has 108 valence electrons. The average Bonchev–Trinajstić information content (AvgIpc) is 2.56. The zero-order chi connectivity index (χ0) is 15.8. The number of para-hydroxylation sites is 1. The number of hydrogen-bond donors (Lipinski definition) is 0. The zero-order valence-corrected chi connectivity index (χ0v) is 12.2. The first kappa shape index (κ1) is 15.4. The van der Waals surface area contributed by atoms with Crippen molar-refractivity contribution < 1.29 is 4.74 Å². The molecule has 0 fully saturated rings. The van der Waals surface area contributed by atoms with Crippen molar-refractivity contribution in [1.29, 1.82) is 10.5 Å². The highest BCUT2D eigenvalue weighted by atomic mass is 16.5. The first-order valence-electron chi connectivity index (χ1n) is 6.96. The van der Waals surface area contributed by atoms with E-state index in [1.165, 1.54) is 0 Å². The second-order valence-corrected chi connectivity index (χ2v) is 5.04. The van der Waals surface area contributed by atoms with Gasteiger partial charge in [-0.2, -0.15) is 10.5 Å². The van der Waals surface area contributed by atoms with Crippen LogP contribution in [0.25, 0.3) is 0 Å². The van der Waals surface area contributed by atoms with Gasteiger partial charge >= 0.3 is 0 Å². The van der Waals surface area contributed by atoms with Crippen LogP contribution in [0.3, 0.4) is 0 Å². The van der Waals surface area contributed by atoms with Crippen molar-refractivity contribution in [1.82, 2.24) is 0 Å². The van der Waals surface area contributed by atoms with Crippen LogP contribution in [0, 0.1) is 28.1 Å². The summed E-state index contributed by atoms with van der Waals surface area (Å²) in [6, 6.07) is 21.2. The summed E-state index contributed by atoms with van der Waals surface area (Å²) < 4.78 is 5.77. The summed E-state index contributed by atoms with van der Waals surface area (Å²) in [7, 11) is 0. The Morgan fingerprint density at radius 3 is 2.32 bits per heavy atom. The molecule has 0 aliphatic carbocycles. The maximum atomic E-state index is 9.32. The van der Waals surface area contributed by atoms with Crippen LogP contribution < -0.4 is 4.74 Å². The van der Waals surface area contributed by atoms with Crippen LogP contribution in [0.15, 0.2) is 67.3 Å². The Morgan fingerprint density at radius 1 is 1.00 bits per heavy atom. The van der Waals surface area contributed by atoms with Gasteiger partial charge in [-0.25, -0.2) is 0 Å². The van der Waals surface area contributed by atoms with E-state index >= 15 is 0 Å². The standard InChI is InChI=1S/C19H16N2O/c1-2-11-19(14-20,15-21)13-16-7-6-10-18(12-16)22-17-8-4-3-5-9-17/h2-10,12H,1,11,13H2. The molecule has 0 saturated heterocycles. The molecule has 22 heavy (non-hydrogen) atoms. The highest BCUT2D eigenvalue weighted by molar-refractivity contribution is 5.35. The first-order chi connectivity index (χ1) is 10.7. The van der Waals surface area contributed by atoms with Crippen molar-refractivity contribution in [3.05, 3.63) is 72.8 Å². The fraction of sp³-hybridized carbons (Fsp3) is 0.158. The molecule has 2 aromatic carbocycles. The van der Waals surface area contributed by atoms with Crippen LogP contribution in [-0.2, 0) is 6.42 Å². The molecule has 0 aliphatic rings. The normalized spacial score (nSPS) is 10.3. The smallest absolute Gasteiger partial charge is 0.151 e. The maximum absolute atomic E-state index is 9.32. The van der Waals surface area contributed by atoms with Gasteiger partial charge in [0.15, 0.2) is 5.41 Å². The fourth-order valence-corrected chi connectivity index (χ4v) is 2.21. The number of allylic oxidation sites excluding steroid dienone is 1. The molecule has 0 aliphatic heterocycles. The number of hydrogen-bond acceptors (Lipinski definition) is 3. The molecule has 0 saturated carbocycles. The first-order valence-corrected chi connectivity index (χ1v) is 6.96. The summed E-state index contributed by atoms with van der Waals surface area (Å²) in [5, 5.41) is 18.6. The second kappa shape index (κ2) is 7.11. The lowest BCUT2D eigenvalue weighted by atomic mass is 9.81. The van der Waals surface area contributed by atoms with Gasteiger partial charge in [0.2, 0.25) is 0 Å². The van der Waals surface area contributed by atoms with Gasteiger partial charge in [0.05, 0.1) is 12.1 Å². The van der Waals surface area contributed by atoms with Crippen molar-refractivity contribution in [3.8, 4) is 23.6 Å². The molecule has 2 rings (SSSR count). The van der Waals surface area contributed by atoms with E-state index in [4.69, 9.17) is 4.74 Å². The van der Waals surface area contributed by atoms with Gasteiger partial charge in [0.1, 0.15) is 11.5 Å². The van der Waals surface area contributed by atoms with Crippen molar-refractivity contribution >= 4 is 0 Å². The fourth-order valence-electron chi connectivity index (χ4n) is 2.21.